The van der Waals surface area contributed by atoms with Crippen LogP contribution in [-0.2, 0) is 0 Å². The van der Waals surface area contributed by atoms with Crippen LogP contribution >= 0.6 is 11.6 Å². The highest BCUT2D eigenvalue weighted by molar-refractivity contribution is 6.32. The van der Waals surface area contributed by atoms with E-state index in [1.165, 1.54) is 0 Å². The Labute approximate surface area is 87.5 Å². The van der Waals surface area contributed by atoms with Gasteiger partial charge in [-0.25, -0.2) is 0 Å². The van der Waals surface area contributed by atoms with Gasteiger partial charge in [-0.1, -0.05) is 23.7 Å². The molecule has 1 N–H and O–H groups in total. The minimum Gasteiger partial charge on any atom is -0.489 e. The Hall–Kier alpha value is -1.24. The lowest BCUT2D eigenvalue weighted by Gasteiger charge is -2.10. The fourth-order valence-corrected chi connectivity index (χ4v) is 1.10. The lowest BCUT2D eigenvalue weighted by molar-refractivity contribution is 0.111. The first-order chi connectivity index (χ1) is 6.74. The summed E-state index contributed by atoms with van der Waals surface area (Å²) in [5, 5.41) is 18.0. The van der Waals surface area contributed by atoms with Gasteiger partial charge < -0.3 is 9.84 Å². The lowest BCUT2D eigenvalue weighted by atomic mass is 10.3. The van der Waals surface area contributed by atoms with E-state index in [0.29, 0.717) is 10.8 Å². The van der Waals surface area contributed by atoms with Gasteiger partial charge in [-0.15, -0.1) is 0 Å². The summed E-state index contributed by atoms with van der Waals surface area (Å²) in [6.07, 6.45) is -0.707. The summed E-state index contributed by atoms with van der Waals surface area (Å²) in [5.41, 5.74) is 0. The van der Waals surface area contributed by atoms with Crippen LogP contribution in [-0.4, -0.2) is 17.8 Å². The number of halogens is 1. The largest absolute Gasteiger partial charge is 0.489 e. The third-order valence-electron chi connectivity index (χ3n) is 1.59. The van der Waals surface area contributed by atoms with Crippen LogP contribution in [0, 0.1) is 11.3 Å². The van der Waals surface area contributed by atoms with Gasteiger partial charge in [0.05, 0.1) is 17.5 Å². The molecule has 0 aliphatic rings. The third kappa shape index (κ3) is 3.25. The molecule has 0 radical (unpaired) electrons. The predicted octanol–water partition coefficient (Wildman–Crippen LogP) is 1.99. The Morgan fingerprint density at radius 3 is 2.86 bits per heavy atom. The van der Waals surface area contributed by atoms with Gasteiger partial charge in [-0.3, -0.25) is 0 Å². The van der Waals surface area contributed by atoms with E-state index >= 15 is 0 Å². The molecule has 0 aliphatic heterocycles. The molecule has 14 heavy (non-hydrogen) atoms. The molecule has 1 rings (SSSR count). The molecule has 0 bridgehead atoms. The minimum atomic E-state index is -0.767. The van der Waals surface area contributed by atoms with Crippen molar-refractivity contribution in [1.82, 2.24) is 0 Å². The topological polar surface area (TPSA) is 53.2 Å². The second-order valence-electron chi connectivity index (χ2n) is 2.76. The number of para-hydroxylation sites is 1. The van der Waals surface area contributed by atoms with Crippen LogP contribution in [0.25, 0.3) is 0 Å². The second-order valence-corrected chi connectivity index (χ2v) is 3.16. The van der Waals surface area contributed by atoms with Crippen molar-refractivity contribution in [3.63, 3.8) is 0 Å². The number of benzene rings is 1. The van der Waals surface area contributed by atoms with Crippen molar-refractivity contribution in [2.45, 2.75) is 12.5 Å². The lowest BCUT2D eigenvalue weighted by Crippen LogP contribution is -2.16. The van der Waals surface area contributed by atoms with E-state index in [2.05, 4.69) is 0 Å². The highest BCUT2D eigenvalue weighted by Crippen LogP contribution is 2.23. The zero-order valence-electron chi connectivity index (χ0n) is 7.48. The monoisotopic (exact) mass is 211 g/mol. The first-order valence-corrected chi connectivity index (χ1v) is 4.54. The highest BCUT2D eigenvalue weighted by atomic mass is 35.5. The van der Waals surface area contributed by atoms with Gasteiger partial charge in [-0.05, 0) is 12.1 Å². The van der Waals surface area contributed by atoms with Crippen molar-refractivity contribution in [2.24, 2.45) is 0 Å². The smallest absolute Gasteiger partial charge is 0.138 e. The van der Waals surface area contributed by atoms with Gasteiger partial charge in [0.2, 0.25) is 0 Å². The van der Waals surface area contributed by atoms with Crippen LogP contribution in [0.1, 0.15) is 6.42 Å². The molecule has 0 spiro atoms. The molecular formula is C10H10ClNO2. The normalized spacial score (nSPS) is 11.8. The number of nitrogens with zero attached hydrogens (tertiary/aromatic N) is 1. The summed E-state index contributed by atoms with van der Waals surface area (Å²) < 4.78 is 5.22. The van der Waals surface area contributed by atoms with Crippen LogP contribution in [0.3, 0.4) is 0 Å². The number of hydrogen-bond donors (Lipinski definition) is 1. The van der Waals surface area contributed by atoms with Gasteiger partial charge in [0.25, 0.3) is 0 Å². The molecule has 0 saturated carbocycles. The summed E-state index contributed by atoms with van der Waals surface area (Å²) in [4.78, 5) is 0. The quantitative estimate of drug-likeness (QED) is 0.829. The summed E-state index contributed by atoms with van der Waals surface area (Å²) in [7, 11) is 0. The minimum absolute atomic E-state index is 0.0600. The van der Waals surface area contributed by atoms with E-state index in [1.54, 1.807) is 24.3 Å². The maximum absolute atomic E-state index is 9.21. The molecule has 0 saturated heterocycles. The molecule has 0 aromatic heterocycles. The van der Waals surface area contributed by atoms with E-state index in [-0.39, 0.29) is 13.0 Å². The van der Waals surface area contributed by atoms with E-state index in [1.807, 2.05) is 6.07 Å². The average molecular weight is 212 g/mol. The summed E-state index contributed by atoms with van der Waals surface area (Å²) in [5.74, 6) is 0.520. The molecule has 0 heterocycles. The van der Waals surface area contributed by atoms with E-state index in [4.69, 9.17) is 21.6 Å². The molecule has 3 nitrogen and oxygen atoms in total. The fraction of sp³-hybridized carbons (Fsp3) is 0.300. The zero-order valence-corrected chi connectivity index (χ0v) is 8.24. The standard InChI is InChI=1S/C10H10ClNO2/c11-9-3-1-2-4-10(9)14-7-8(13)5-6-12/h1-4,8,13H,5,7H2. The molecule has 1 unspecified atom stereocenters. The maximum Gasteiger partial charge on any atom is 0.138 e. The highest BCUT2D eigenvalue weighted by Gasteiger charge is 2.05. The van der Waals surface area contributed by atoms with Crippen LogP contribution in [0.2, 0.25) is 5.02 Å². The summed E-state index contributed by atoms with van der Waals surface area (Å²) in [6.45, 7) is 0.0806. The van der Waals surface area contributed by atoms with Crippen LogP contribution in [0.5, 0.6) is 5.75 Å². The molecule has 1 aromatic carbocycles. The fourth-order valence-electron chi connectivity index (χ4n) is 0.912. The summed E-state index contributed by atoms with van der Waals surface area (Å²) >= 11 is 5.81. The number of ether oxygens (including phenoxy) is 1. The van der Waals surface area contributed by atoms with Crippen LogP contribution in [0.15, 0.2) is 24.3 Å². The van der Waals surface area contributed by atoms with Gasteiger partial charge in [-0.2, -0.15) is 5.26 Å². The van der Waals surface area contributed by atoms with E-state index in [0.717, 1.165) is 0 Å². The Bertz CT molecular complexity index is 335. The second kappa shape index (κ2) is 5.48. The molecule has 0 amide bonds. The molecule has 1 atom stereocenters. The maximum atomic E-state index is 9.21. The van der Waals surface area contributed by atoms with Gasteiger partial charge in [0.15, 0.2) is 0 Å². The van der Waals surface area contributed by atoms with Crippen molar-refractivity contribution in [2.75, 3.05) is 6.61 Å². The number of aliphatic hydroxyl groups excluding tert-OH is 1. The third-order valence-corrected chi connectivity index (χ3v) is 1.91. The number of nitriles is 1. The van der Waals surface area contributed by atoms with E-state index < -0.39 is 6.10 Å². The van der Waals surface area contributed by atoms with Crippen LogP contribution in [0.4, 0.5) is 0 Å². The molecule has 0 aliphatic carbocycles. The summed E-state index contributed by atoms with van der Waals surface area (Å²) in [6, 6.07) is 8.85. The average Bonchev–Trinajstić information content (AvgIpc) is 2.17. The number of rotatable bonds is 4. The molecule has 1 aromatic rings. The molecular weight excluding hydrogens is 202 g/mol. The first kappa shape index (κ1) is 10.8. The number of aliphatic hydroxyl groups is 1. The van der Waals surface area contributed by atoms with Crippen molar-refractivity contribution in [3.8, 4) is 11.8 Å². The van der Waals surface area contributed by atoms with Crippen molar-refractivity contribution in [3.05, 3.63) is 29.3 Å². The Morgan fingerprint density at radius 2 is 2.21 bits per heavy atom. The van der Waals surface area contributed by atoms with Gasteiger partial charge >= 0.3 is 0 Å². The molecule has 74 valence electrons. The SMILES string of the molecule is N#CCC(O)COc1ccccc1Cl. The van der Waals surface area contributed by atoms with Gasteiger partial charge in [0.1, 0.15) is 18.5 Å². The first-order valence-electron chi connectivity index (χ1n) is 4.16. The molecule has 4 heteroatoms. The zero-order chi connectivity index (χ0) is 10.4. The van der Waals surface area contributed by atoms with E-state index in [9.17, 15) is 5.11 Å². The van der Waals surface area contributed by atoms with Crippen LogP contribution < -0.4 is 4.74 Å². The Balaban J connectivity index is 2.46. The van der Waals surface area contributed by atoms with Crippen molar-refractivity contribution in [1.29, 1.82) is 5.26 Å². The van der Waals surface area contributed by atoms with Crippen molar-refractivity contribution < 1.29 is 9.84 Å². The Kier molecular flexibility index (Phi) is 4.24. The predicted molar refractivity (Wildman–Crippen MR) is 53.2 cm³/mol. The molecule has 0 fully saturated rings. The Morgan fingerprint density at radius 1 is 1.50 bits per heavy atom. The number of hydrogen-bond acceptors (Lipinski definition) is 3. The van der Waals surface area contributed by atoms with Gasteiger partial charge in [0, 0.05) is 0 Å². The van der Waals surface area contributed by atoms with Crippen molar-refractivity contribution >= 4 is 11.6 Å².